The molecule has 5 nitrogen and oxygen atoms in total. The van der Waals surface area contributed by atoms with Gasteiger partial charge >= 0.3 is 5.00 Å². The number of imidazole rings is 1. The summed E-state index contributed by atoms with van der Waals surface area (Å²) < 4.78 is 1.66. The van der Waals surface area contributed by atoms with E-state index in [-0.39, 0.29) is 9.92 Å². The molecule has 0 saturated heterocycles. The SMILES string of the molecule is Cc1cn(-c2ccsc2[N+](=O)[O-])cn1. The first-order valence-electron chi connectivity index (χ1n) is 3.91. The van der Waals surface area contributed by atoms with Crippen LogP contribution in [0.5, 0.6) is 0 Å². The minimum atomic E-state index is -0.380. The molecule has 0 aliphatic rings. The largest absolute Gasteiger partial charge is 0.348 e. The second kappa shape index (κ2) is 3.22. The van der Waals surface area contributed by atoms with Crippen molar-refractivity contribution in [2.75, 3.05) is 0 Å². The molecular formula is C8H7N3O2S. The van der Waals surface area contributed by atoms with Crippen LogP contribution in [0.1, 0.15) is 5.69 Å². The molecule has 0 amide bonds. The van der Waals surface area contributed by atoms with Gasteiger partial charge < -0.3 is 0 Å². The lowest BCUT2D eigenvalue weighted by Gasteiger charge is -1.95. The van der Waals surface area contributed by atoms with Gasteiger partial charge in [0, 0.05) is 6.20 Å². The summed E-state index contributed by atoms with van der Waals surface area (Å²) in [6, 6.07) is 1.71. The molecule has 0 radical (unpaired) electrons. The Morgan fingerprint density at radius 2 is 2.43 bits per heavy atom. The molecule has 0 unspecified atom stereocenters. The van der Waals surface area contributed by atoms with Crippen LogP contribution in [0.15, 0.2) is 24.0 Å². The Morgan fingerprint density at radius 1 is 1.64 bits per heavy atom. The van der Waals surface area contributed by atoms with E-state index in [2.05, 4.69) is 4.98 Å². The van der Waals surface area contributed by atoms with Crippen molar-refractivity contribution in [1.29, 1.82) is 0 Å². The van der Waals surface area contributed by atoms with Crippen LogP contribution in [-0.4, -0.2) is 14.5 Å². The summed E-state index contributed by atoms with van der Waals surface area (Å²) in [5.41, 5.74) is 1.41. The molecule has 2 rings (SSSR count). The highest BCUT2D eigenvalue weighted by Crippen LogP contribution is 2.28. The Balaban J connectivity index is 2.51. The van der Waals surface area contributed by atoms with E-state index >= 15 is 0 Å². The van der Waals surface area contributed by atoms with E-state index in [1.54, 1.807) is 28.5 Å². The van der Waals surface area contributed by atoms with Crippen molar-refractivity contribution in [3.63, 3.8) is 0 Å². The van der Waals surface area contributed by atoms with Gasteiger partial charge in [-0.2, -0.15) is 0 Å². The molecule has 0 aliphatic carbocycles. The highest BCUT2D eigenvalue weighted by molar-refractivity contribution is 7.13. The maximum Gasteiger partial charge on any atom is 0.348 e. The summed E-state index contributed by atoms with van der Waals surface area (Å²) in [4.78, 5) is 14.3. The normalized spacial score (nSPS) is 10.4. The van der Waals surface area contributed by atoms with E-state index in [4.69, 9.17) is 0 Å². The fourth-order valence-corrected chi connectivity index (χ4v) is 1.89. The Kier molecular flexibility index (Phi) is 2.05. The lowest BCUT2D eigenvalue weighted by Crippen LogP contribution is -1.93. The monoisotopic (exact) mass is 209 g/mol. The third kappa shape index (κ3) is 1.39. The van der Waals surface area contributed by atoms with Gasteiger partial charge in [0.25, 0.3) is 0 Å². The average Bonchev–Trinajstić information content (AvgIpc) is 2.70. The van der Waals surface area contributed by atoms with Gasteiger partial charge in [0.15, 0.2) is 0 Å². The van der Waals surface area contributed by atoms with Crippen LogP contribution >= 0.6 is 11.3 Å². The van der Waals surface area contributed by atoms with Gasteiger partial charge in [0.2, 0.25) is 0 Å². The Labute approximate surface area is 83.8 Å². The molecule has 2 aromatic rings. The lowest BCUT2D eigenvalue weighted by atomic mass is 10.5. The van der Waals surface area contributed by atoms with E-state index in [1.807, 2.05) is 6.92 Å². The molecule has 2 aromatic heterocycles. The molecule has 72 valence electrons. The van der Waals surface area contributed by atoms with Gasteiger partial charge in [-0.1, -0.05) is 11.3 Å². The third-order valence-electron chi connectivity index (χ3n) is 1.78. The number of rotatable bonds is 2. The van der Waals surface area contributed by atoms with E-state index in [1.165, 1.54) is 0 Å². The molecule has 0 bridgehead atoms. The maximum atomic E-state index is 10.6. The Hall–Kier alpha value is -1.69. The predicted molar refractivity (Wildman–Crippen MR) is 52.8 cm³/mol. The van der Waals surface area contributed by atoms with Gasteiger partial charge in [-0.3, -0.25) is 14.7 Å². The summed E-state index contributed by atoms with van der Waals surface area (Å²) in [5, 5.41) is 12.5. The van der Waals surface area contributed by atoms with E-state index in [0.717, 1.165) is 17.0 Å². The van der Waals surface area contributed by atoms with Crippen LogP contribution in [0.2, 0.25) is 0 Å². The van der Waals surface area contributed by atoms with Crippen molar-refractivity contribution in [1.82, 2.24) is 9.55 Å². The zero-order valence-corrected chi connectivity index (χ0v) is 8.19. The molecule has 0 saturated carbocycles. The van der Waals surface area contributed by atoms with Gasteiger partial charge in [0.05, 0.1) is 16.9 Å². The van der Waals surface area contributed by atoms with Crippen molar-refractivity contribution in [2.24, 2.45) is 0 Å². The van der Waals surface area contributed by atoms with Crippen LogP contribution in [0, 0.1) is 17.0 Å². The quantitative estimate of drug-likeness (QED) is 0.562. The van der Waals surface area contributed by atoms with Gasteiger partial charge in [-0.25, -0.2) is 4.98 Å². The third-order valence-corrected chi connectivity index (χ3v) is 2.63. The summed E-state index contributed by atoms with van der Waals surface area (Å²) in [6.07, 6.45) is 3.33. The summed E-state index contributed by atoms with van der Waals surface area (Å²) in [7, 11) is 0. The average molecular weight is 209 g/mol. The highest BCUT2D eigenvalue weighted by Gasteiger charge is 2.16. The van der Waals surface area contributed by atoms with Crippen LogP contribution in [0.4, 0.5) is 5.00 Å². The standard InChI is InChI=1S/C8H7N3O2S/c1-6-4-10(5-9-6)7-2-3-14-8(7)11(12)13/h2-5H,1H3. The smallest absolute Gasteiger partial charge is 0.299 e. The predicted octanol–water partition coefficient (Wildman–Crippen LogP) is 2.15. The van der Waals surface area contributed by atoms with E-state index in [9.17, 15) is 10.1 Å². The van der Waals surface area contributed by atoms with Gasteiger partial charge in [-0.15, -0.1) is 0 Å². The summed E-state index contributed by atoms with van der Waals surface area (Å²) in [6.45, 7) is 1.84. The first-order valence-corrected chi connectivity index (χ1v) is 4.79. The number of nitrogens with zero attached hydrogens (tertiary/aromatic N) is 3. The van der Waals surface area contributed by atoms with Crippen molar-refractivity contribution in [3.8, 4) is 5.69 Å². The van der Waals surface area contributed by atoms with Crippen LogP contribution in [0.25, 0.3) is 5.69 Å². The van der Waals surface area contributed by atoms with Crippen molar-refractivity contribution in [2.45, 2.75) is 6.92 Å². The molecule has 0 spiro atoms. The summed E-state index contributed by atoms with van der Waals surface area (Å²) in [5.74, 6) is 0. The molecule has 0 N–H and O–H groups in total. The minimum absolute atomic E-state index is 0.141. The fourth-order valence-electron chi connectivity index (χ4n) is 1.18. The second-order valence-electron chi connectivity index (χ2n) is 2.79. The molecule has 0 atom stereocenters. The van der Waals surface area contributed by atoms with Crippen LogP contribution < -0.4 is 0 Å². The van der Waals surface area contributed by atoms with Crippen molar-refractivity contribution < 1.29 is 4.92 Å². The number of aromatic nitrogens is 2. The fraction of sp³-hybridized carbons (Fsp3) is 0.125. The second-order valence-corrected chi connectivity index (χ2v) is 3.68. The molecule has 14 heavy (non-hydrogen) atoms. The highest BCUT2D eigenvalue weighted by atomic mass is 32.1. The van der Waals surface area contributed by atoms with Gasteiger partial charge in [-0.05, 0) is 18.4 Å². The molecule has 0 fully saturated rings. The number of hydrogen-bond donors (Lipinski definition) is 0. The zero-order valence-electron chi connectivity index (χ0n) is 7.38. The number of thiophene rings is 1. The summed E-state index contributed by atoms with van der Waals surface area (Å²) >= 11 is 1.11. The maximum absolute atomic E-state index is 10.6. The number of hydrogen-bond acceptors (Lipinski definition) is 4. The molecule has 2 heterocycles. The van der Waals surface area contributed by atoms with E-state index in [0.29, 0.717) is 5.69 Å². The Morgan fingerprint density at radius 3 is 3.00 bits per heavy atom. The van der Waals surface area contributed by atoms with Crippen molar-refractivity contribution in [3.05, 3.63) is 39.8 Å². The first kappa shape index (κ1) is 8.89. The lowest BCUT2D eigenvalue weighted by molar-refractivity contribution is -0.379. The van der Waals surface area contributed by atoms with Gasteiger partial charge in [0.1, 0.15) is 5.69 Å². The first-order chi connectivity index (χ1) is 6.68. The molecule has 0 aliphatic heterocycles. The molecule has 0 aromatic carbocycles. The number of nitro groups is 1. The zero-order chi connectivity index (χ0) is 10.1. The number of aryl methyl sites for hydroxylation is 1. The Bertz CT molecular complexity index is 474. The molecule has 6 heteroatoms. The minimum Gasteiger partial charge on any atom is -0.299 e. The molecular weight excluding hydrogens is 202 g/mol. The topological polar surface area (TPSA) is 61.0 Å². The van der Waals surface area contributed by atoms with Crippen LogP contribution in [-0.2, 0) is 0 Å². The van der Waals surface area contributed by atoms with E-state index < -0.39 is 0 Å². The van der Waals surface area contributed by atoms with Crippen molar-refractivity contribution >= 4 is 16.3 Å². The van der Waals surface area contributed by atoms with Crippen LogP contribution in [0.3, 0.4) is 0 Å².